The summed E-state index contributed by atoms with van der Waals surface area (Å²) >= 11 is 6.62. The first-order valence-corrected chi connectivity index (χ1v) is 6.67. The predicted octanol–water partition coefficient (Wildman–Crippen LogP) is 3.94. The molecule has 2 rings (SSSR count). The zero-order chi connectivity index (χ0) is 11.5. The zero-order valence-electron chi connectivity index (χ0n) is 8.34. The molecule has 4 heteroatoms. The molecule has 0 unspecified atom stereocenters. The molecule has 1 amide bonds. The number of hydrogen-bond acceptors (Lipinski definition) is 1. The molecule has 2 aromatic carbocycles. The Hall–Kier alpha value is -0.870. The third-order valence-electron chi connectivity index (χ3n) is 2.27. The minimum atomic E-state index is -0.0486. The van der Waals surface area contributed by atoms with Crippen molar-refractivity contribution in [2.75, 3.05) is 10.6 Å². The van der Waals surface area contributed by atoms with Crippen LogP contribution >= 0.6 is 31.9 Å². The third-order valence-corrected chi connectivity index (χ3v) is 3.47. The highest BCUT2D eigenvalue weighted by molar-refractivity contribution is 9.10. The molecule has 1 N–H and O–H groups in total. The Labute approximate surface area is 110 Å². The van der Waals surface area contributed by atoms with E-state index in [9.17, 15) is 4.79 Å². The quantitative estimate of drug-likeness (QED) is 0.823. The number of amides is 1. The molecular weight excluding hydrogens is 334 g/mol. The fraction of sp³-hybridized carbons (Fsp3) is 0.0833. The minimum absolute atomic E-state index is 0.0486. The van der Waals surface area contributed by atoms with Gasteiger partial charge in [-0.05, 0) is 17.5 Å². The van der Waals surface area contributed by atoms with Crippen LogP contribution in [0.25, 0.3) is 10.8 Å². The lowest BCUT2D eigenvalue weighted by Gasteiger charge is -2.08. The predicted molar refractivity (Wildman–Crippen MR) is 74.1 cm³/mol. The first-order chi connectivity index (χ1) is 7.72. The Morgan fingerprint density at radius 2 is 1.81 bits per heavy atom. The van der Waals surface area contributed by atoms with Gasteiger partial charge >= 0.3 is 0 Å². The van der Waals surface area contributed by atoms with Crippen molar-refractivity contribution in [1.29, 1.82) is 0 Å². The van der Waals surface area contributed by atoms with Crippen LogP contribution in [0.4, 0.5) is 5.69 Å². The molecule has 0 heterocycles. The van der Waals surface area contributed by atoms with Crippen molar-refractivity contribution in [3.05, 3.63) is 40.9 Å². The van der Waals surface area contributed by atoms with Crippen LogP contribution in [0.3, 0.4) is 0 Å². The van der Waals surface area contributed by atoms with Crippen molar-refractivity contribution >= 4 is 54.2 Å². The van der Waals surface area contributed by atoms with Crippen molar-refractivity contribution in [3.63, 3.8) is 0 Å². The number of nitrogens with one attached hydrogen (secondary N) is 1. The lowest BCUT2D eigenvalue weighted by atomic mass is 10.1. The van der Waals surface area contributed by atoms with Crippen molar-refractivity contribution in [1.82, 2.24) is 0 Å². The first kappa shape index (κ1) is 11.6. The number of hydrogen-bond donors (Lipinski definition) is 1. The van der Waals surface area contributed by atoms with Gasteiger partial charge in [-0.1, -0.05) is 56.1 Å². The Morgan fingerprint density at radius 3 is 2.50 bits per heavy atom. The van der Waals surface area contributed by atoms with Gasteiger partial charge in [-0.3, -0.25) is 4.79 Å². The summed E-state index contributed by atoms with van der Waals surface area (Å²) in [6.07, 6.45) is 0. The number of rotatable bonds is 2. The van der Waals surface area contributed by atoms with Crippen LogP contribution in [0, 0.1) is 0 Å². The van der Waals surface area contributed by atoms with E-state index in [1.165, 1.54) is 0 Å². The number of halogens is 2. The molecule has 0 radical (unpaired) electrons. The van der Waals surface area contributed by atoms with Gasteiger partial charge in [0.15, 0.2) is 0 Å². The van der Waals surface area contributed by atoms with Crippen LogP contribution in [-0.2, 0) is 4.79 Å². The van der Waals surface area contributed by atoms with Gasteiger partial charge in [0.05, 0.1) is 5.33 Å². The lowest BCUT2D eigenvalue weighted by Crippen LogP contribution is -2.12. The maximum Gasteiger partial charge on any atom is 0.235 e. The summed E-state index contributed by atoms with van der Waals surface area (Å²) in [6, 6.07) is 11.8. The molecule has 0 aromatic heterocycles. The van der Waals surface area contributed by atoms with Crippen LogP contribution in [0.2, 0.25) is 0 Å². The maximum atomic E-state index is 11.3. The molecule has 0 aliphatic carbocycles. The normalized spacial score (nSPS) is 10.4. The smallest absolute Gasteiger partial charge is 0.235 e. The summed E-state index contributed by atoms with van der Waals surface area (Å²) in [4.78, 5) is 11.3. The largest absolute Gasteiger partial charge is 0.325 e. The molecule has 2 nitrogen and oxygen atoms in total. The van der Waals surface area contributed by atoms with E-state index in [0.29, 0.717) is 5.33 Å². The first-order valence-electron chi connectivity index (χ1n) is 4.75. The number of carbonyl (C=O) groups excluding carboxylic acids is 1. The SMILES string of the molecule is O=C(CBr)Nc1ccc(Br)c2ccccc12. The Bertz CT molecular complexity index is 540. The lowest BCUT2D eigenvalue weighted by molar-refractivity contribution is -0.113. The number of alkyl halides is 1. The second kappa shape index (κ2) is 4.97. The van der Waals surface area contributed by atoms with Crippen molar-refractivity contribution < 1.29 is 4.79 Å². The average molecular weight is 343 g/mol. The standard InChI is InChI=1S/C12H9Br2NO/c13-7-12(16)15-11-6-5-10(14)8-3-1-2-4-9(8)11/h1-6H,7H2,(H,15,16). The van der Waals surface area contributed by atoms with Gasteiger partial charge in [0.2, 0.25) is 5.91 Å². The van der Waals surface area contributed by atoms with Gasteiger partial charge < -0.3 is 5.32 Å². The molecule has 0 saturated heterocycles. The Morgan fingerprint density at radius 1 is 1.12 bits per heavy atom. The number of carbonyl (C=O) groups is 1. The van der Waals surface area contributed by atoms with Crippen molar-refractivity contribution in [3.8, 4) is 0 Å². The number of anilines is 1. The zero-order valence-corrected chi connectivity index (χ0v) is 11.5. The molecule has 0 fully saturated rings. The fourth-order valence-electron chi connectivity index (χ4n) is 1.55. The second-order valence-corrected chi connectivity index (χ2v) is 4.74. The van der Waals surface area contributed by atoms with E-state index < -0.39 is 0 Å². The highest BCUT2D eigenvalue weighted by Gasteiger charge is 2.06. The van der Waals surface area contributed by atoms with Crippen LogP contribution in [0.15, 0.2) is 40.9 Å². The molecule has 0 aliphatic heterocycles. The van der Waals surface area contributed by atoms with E-state index in [1.54, 1.807) is 0 Å². The number of benzene rings is 2. The summed E-state index contributed by atoms with van der Waals surface area (Å²) < 4.78 is 1.03. The van der Waals surface area contributed by atoms with Crippen LogP contribution < -0.4 is 5.32 Å². The molecule has 0 aliphatic rings. The summed E-state index contributed by atoms with van der Waals surface area (Å²) in [5.41, 5.74) is 0.836. The average Bonchev–Trinajstić information content (AvgIpc) is 2.33. The summed E-state index contributed by atoms with van der Waals surface area (Å²) in [7, 11) is 0. The molecular formula is C12H9Br2NO. The highest BCUT2D eigenvalue weighted by atomic mass is 79.9. The summed E-state index contributed by atoms with van der Waals surface area (Å²) in [5, 5.41) is 5.28. The monoisotopic (exact) mass is 341 g/mol. The van der Waals surface area contributed by atoms with Crippen LogP contribution in [0.5, 0.6) is 0 Å². The van der Waals surface area contributed by atoms with Gasteiger partial charge in [0, 0.05) is 15.5 Å². The van der Waals surface area contributed by atoms with Gasteiger partial charge in [0.1, 0.15) is 0 Å². The van der Waals surface area contributed by atoms with E-state index in [4.69, 9.17) is 0 Å². The van der Waals surface area contributed by atoms with Crippen LogP contribution in [-0.4, -0.2) is 11.2 Å². The minimum Gasteiger partial charge on any atom is -0.325 e. The van der Waals surface area contributed by atoms with E-state index in [-0.39, 0.29) is 5.91 Å². The molecule has 0 spiro atoms. The molecule has 16 heavy (non-hydrogen) atoms. The van der Waals surface area contributed by atoms with Crippen molar-refractivity contribution in [2.45, 2.75) is 0 Å². The van der Waals surface area contributed by atoms with E-state index >= 15 is 0 Å². The van der Waals surface area contributed by atoms with Crippen LogP contribution in [0.1, 0.15) is 0 Å². The van der Waals surface area contributed by atoms with Crippen molar-refractivity contribution in [2.24, 2.45) is 0 Å². The van der Waals surface area contributed by atoms with Gasteiger partial charge in [-0.15, -0.1) is 0 Å². The molecule has 82 valence electrons. The molecule has 0 saturated carbocycles. The molecule has 0 bridgehead atoms. The van der Waals surface area contributed by atoms with E-state index in [1.807, 2.05) is 36.4 Å². The maximum absolute atomic E-state index is 11.3. The number of fused-ring (bicyclic) bond motifs is 1. The van der Waals surface area contributed by atoms with E-state index in [0.717, 1.165) is 20.9 Å². The second-order valence-electron chi connectivity index (χ2n) is 3.32. The van der Waals surface area contributed by atoms with Gasteiger partial charge in [0.25, 0.3) is 0 Å². The van der Waals surface area contributed by atoms with E-state index in [2.05, 4.69) is 37.2 Å². The molecule has 0 atom stereocenters. The molecule has 2 aromatic rings. The fourth-order valence-corrected chi connectivity index (χ4v) is 2.17. The summed E-state index contributed by atoms with van der Waals surface area (Å²) in [6.45, 7) is 0. The van der Waals surface area contributed by atoms with Gasteiger partial charge in [-0.2, -0.15) is 0 Å². The highest BCUT2D eigenvalue weighted by Crippen LogP contribution is 2.29. The topological polar surface area (TPSA) is 29.1 Å². The Balaban J connectivity index is 2.54. The summed E-state index contributed by atoms with van der Waals surface area (Å²) in [5.74, 6) is -0.0486. The Kier molecular flexibility index (Phi) is 3.61. The third kappa shape index (κ3) is 2.28. The van der Waals surface area contributed by atoms with Gasteiger partial charge in [-0.25, -0.2) is 0 Å².